The van der Waals surface area contributed by atoms with Gasteiger partial charge in [-0.15, -0.1) is 0 Å². The molecule has 0 aliphatic carbocycles. The molecule has 2 rings (SSSR count). The van der Waals surface area contributed by atoms with Gasteiger partial charge >= 0.3 is 0 Å². The van der Waals surface area contributed by atoms with Gasteiger partial charge in [0.15, 0.2) is 0 Å². The fraction of sp³-hybridized carbons (Fsp3) is 0.654. The molecular weight excluding hydrogens is 463 g/mol. The Morgan fingerprint density at radius 2 is 1.12 bits per heavy atom. The van der Waals surface area contributed by atoms with Crippen LogP contribution in [0.5, 0.6) is 0 Å². The van der Waals surface area contributed by atoms with Gasteiger partial charge in [-0.05, 0) is 25.0 Å². The molecule has 0 radical (unpaired) electrons. The molecule has 1 heterocycles. The van der Waals surface area contributed by atoms with Crippen molar-refractivity contribution in [2.45, 2.75) is 110 Å². The summed E-state index contributed by atoms with van der Waals surface area (Å²) in [6.45, 7) is 2.27. The number of aromatic amines is 1. The number of benzene rings is 1. The van der Waals surface area contributed by atoms with E-state index >= 15 is 0 Å². The lowest BCUT2D eigenvalue weighted by Crippen LogP contribution is -2.14. The van der Waals surface area contributed by atoms with E-state index in [0.717, 1.165) is 18.5 Å². The lowest BCUT2D eigenvalue weighted by molar-refractivity contribution is 0.532. The first-order valence-corrected chi connectivity index (χ1v) is 13.6. The molecule has 0 amide bonds. The van der Waals surface area contributed by atoms with Gasteiger partial charge in [-0.1, -0.05) is 132 Å². The van der Waals surface area contributed by atoms with Gasteiger partial charge < -0.3 is 0 Å². The van der Waals surface area contributed by atoms with Crippen LogP contribution in [0.4, 0.5) is 0 Å². The molecule has 0 fully saturated rings. The molecule has 0 bridgehead atoms. The molecule has 32 heavy (non-hydrogen) atoms. The van der Waals surface area contributed by atoms with Gasteiger partial charge in [0.2, 0.25) is 0 Å². The summed E-state index contributed by atoms with van der Waals surface area (Å²) in [5.74, 6) is 0. The van der Waals surface area contributed by atoms with E-state index in [1.165, 1.54) is 94.6 Å². The first kappa shape index (κ1) is 27.3. The van der Waals surface area contributed by atoms with Gasteiger partial charge in [-0.3, -0.25) is 9.89 Å². The predicted molar refractivity (Wildman–Crippen MR) is 140 cm³/mol. The van der Waals surface area contributed by atoms with Gasteiger partial charge in [0.25, 0.3) is 5.56 Å². The monoisotopic (exact) mass is 500 g/mol. The second-order valence-corrected chi connectivity index (χ2v) is 10.1. The van der Waals surface area contributed by atoms with Crippen molar-refractivity contribution in [3.05, 3.63) is 49.3 Å². The quantitative estimate of drug-likeness (QED) is 0.215. The number of nitrogens with zero attached hydrogens (tertiary/aromatic N) is 1. The van der Waals surface area contributed by atoms with Gasteiger partial charge in [0, 0.05) is 16.8 Å². The van der Waals surface area contributed by atoms with Crippen molar-refractivity contribution >= 4 is 34.8 Å². The second-order valence-electron chi connectivity index (χ2n) is 8.87. The number of unbranched alkanes of at least 4 members (excludes halogenated alkanes) is 14. The normalized spacial score (nSPS) is 11.4. The minimum atomic E-state index is -0.160. The fourth-order valence-corrected chi connectivity index (χ4v) is 5.16. The molecule has 0 saturated carbocycles. The number of aryl methyl sites for hydroxylation is 1. The number of nitrogens with one attached hydrogen (secondary N) is 1. The second kappa shape index (κ2) is 15.9. The van der Waals surface area contributed by atoms with E-state index in [9.17, 15) is 4.79 Å². The molecule has 6 heteroatoms. The van der Waals surface area contributed by atoms with Crippen molar-refractivity contribution in [1.82, 2.24) is 9.78 Å². The molecule has 0 unspecified atom stereocenters. The summed E-state index contributed by atoms with van der Waals surface area (Å²) in [7, 11) is 0. The van der Waals surface area contributed by atoms with E-state index in [1.807, 2.05) is 0 Å². The standard InChI is InChI=1S/C26H39Cl3N2O/c1-2-3-4-5-6-7-8-9-10-11-12-13-14-15-16-17-22-20-25(32)31(30-22)26-23(28)18-21(27)19-24(26)29/h18-20,30H,2-17H2,1H3. The molecule has 180 valence electrons. The number of hydrogen-bond donors (Lipinski definition) is 1. The highest BCUT2D eigenvalue weighted by molar-refractivity contribution is 6.40. The summed E-state index contributed by atoms with van der Waals surface area (Å²) < 4.78 is 1.40. The van der Waals surface area contributed by atoms with Crippen LogP contribution in [0.3, 0.4) is 0 Å². The van der Waals surface area contributed by atoms with Gasteiger partial charge in [-0.25, -0.2) is 4.68 Å². The third kappa shape index (κ3) is 9.93. The van der Waals surface area contributed by atoms with E-state index in [0.29, 0.717) is 20.8 Å². The number of halogens is 3. The molecule has 0 aliphatic rings. The van der Waals surface area contributed by atoms with Gasteiger partial charge in [-0.2, -0.15) is 0 Å². The van der Waals surface area contributed by atoms with Crippen LogP contribution in [0.25, 0.3) is 5.69 Å². The highest BCUT2D eigenvalue weighted by atomic mass is 35.5. The predicted octanol–water partition coefficient (Wildman–Crippen LogP) is 9.54. The lowest BCUT2D eigenvalue weighted by Gasteiger charge is -2.08. The summed E-state index contributed by atoms with van der Waals surface area (Å²) in [5, 5.41) is 4.29. The average Bonchev–Trinajstić information content (AvgIpc) is 3.10. The molecule has 2 aromatic rings. The SMILES string of the molecule is CCCCCCCCCCCCCCCCCc1cc(=O)n(-c2c(Cl)cc(Cl)cc2Cl)[nH]1. The average molecular weight is 502 g/mol. The Bertz CT molecular complexity index is 821. The molecule has 0 saturated heterocycles. The first-order chi connectivity index (χ1) is 15.5. The van der Waals surface area contributed by atoms with Crippen LogP contribution in [0.2, 0.25) is 15.1 Å². The maximum absolute atomic E-state index is 12.4. The molecule has 1 aromatic heterocycles. The summed E-state index contributed by atoms with van der Waals surface area (Å²) in [6, 6.07) is 4.81. The number of rotatable bonds is 17. The largest absolute Gasteiger partial charge is 0.295 e. The van der Waals surface area contributed by atoms with E-state index in [2.05, 4.69) is 12.0 Å². The smallest absolute Gasteiger partial charge is 0.271 e. The van der Waals surface area contributed by atoms with E-state index < -0.39 is 0 Å². The summed E-state index contributed by atoms with van der Waals surface area (Å²) >= 11 is 18.5. The summed E-state index contributed by atoms with van der Waals surface area (Å²) in [5.41, 5.74) is 1.20. The Kier molecular flexibility index (Phi) is 13.5. The zero-order valence-corrected chi connectivity index (χ0v) is 21.8. The van der Waals surface area contributed by atoms with Crippen LogP contribution in [0.1, 0.15) is 109 Å². The van der Waals surface area contributed by atoms with Crippen molar-refractivity contribution in [3.63, 3.8) is 0 Å². The third-order valence-corrected chi connectivity index (χ3v) is 6.82. The molecule has 3 nitrogen and oxygen atoms in total. The van der Waals surface area contributed by atoms with Crippen LogP contribution in [0.15, 0.2) is 23.0 Å². The maximum Gasteiger partial charge on any atom is 0.271 e. The van der Waals surface area contributed by atoms with E-state index in [4.69, 9.17) is 34.8 Å². The molecule has 1 N–H and O–H groups in total. The molecule has 0 aliphatic heterocycles. The summed E-state index contributed by atoms with van der Waals surface area (Å²) in [6.07, 6.45) is 21.0. The highest BCUT2D eigenvalue weighted by Crippen LogP contribution is 2.31. The topological polar surface area (TPSA) is 37.8 Å². The Morgan fingerprint density at radius 1 is 0.688 bits per heavy atom. The van der Waals surface area contributed by atoms with Crippen molar-refractivity contribution < 1.29 is 0 Å². The van der Waals surface area contributed by atoms with Crippen LogP contribution in [-0.4, -0.2) is 9.78 Å². The van der Waals surface area contributed by atoms with Crippen LogP contribution in [-0.2, 0) is 6.42 Å². The Morgan fingerprint density at radius 3 is 1.59 bits per heavy atom. The minimum absolute atomic E-state index is 0.160. The zero-order valence-electron chi connectivity index (χ0n) is 19.5. The number of H-pyrrole nitrogens is 1. The third-order valence-electron chi connectivity index (χ3n) is 6.03. The van der Waals surface area contributed by atoms with Crippen molar-refractivity contribution in [2.75, 3.05) is 0 Å². The van der Waals surface area contributed by atoms with Crippen molar-refractivity contribution in [2.24, 2.45) is 0 Å². The van der Waals surface area contributed by atoms with Gasteiger partial charge in [0.1, 0.15) is 5.69 Å². The highest BCUT2D eigenvalue weighted by Gasteiger charge is 2.13. The lowest BCUT2D eigenvalue weighted by atomic mass is 10.0. The molecule has 1 aromatic carbocycles. The van der Waals surface area contributed by atoms with Crippen LogP contribution < -0.4 is 5.56 Å². The van der Waals surface area contributed by atoms with Gasteiger partial charge in [0.05, 0.1) is 10.0 Å². The summed E-state index contributed by atoms with van der Waals surface area (Å²) in [4.78, 5) is 12.4. The fourth-order valence-electron chi connectivity index (χ4n) is 4.17. The van der Waals surface area contributed by atoms with Crippen molar-refractivity contribution in [1.29, 1.82) is 0 Å². The zero-order chi connectivity index (χ0) is 23.2. The Hall–Kier alpha value is -0.900. The number of hydrogen-bond acceptors (Lipinski definition) is 1. The van der Waals surface area contributed by atoms with Crippen LogP contribution in [0, 0.1) is 0 Å². The maximum atomic E-state index is 12.4. The van der Waals surface area contributed by atoms with E-state index in [-0.39, 0.29) is 5.56 Å². The molecular formula is C26H39Cl3N2O. The number of aromatic nitrogens is 2. The van der Waals surface area contributed by atoms with Crippen LogP contribution >= 0.6 is 34.8 Å². The van der Waals surface area contributed by atoms with E-state index in [1.54, 1.807) is 18.2 Å². The minimum Gasteiger partial charge on any atom is -0.295 e. The Labute approximate surface area is 208 Å². The molecule has 0 spiro atoms. The van der Waals surface area contributed by atoms with Crippen molar-refractivity contribution in [3.8, 4) is 5.69 Å². The Balaban J connectivity index is 1.54. The first-order valence-electron chi connectivity index (χ1n) is 12.5. The molecule has 0 atom stereocenters.